The van der Waals surface area contributed by atoms with Gasteiger partial charge in [0.2, 0.25) is 0 Å². The molecule has 2 heterocycles. The Balaban J connectivity index is 2.14. The molecular weight excluding hydrogens is 274 g/mol. The van der Waals surface area contributed by atoms with E-state index in [4.69, 9.17) is 5.11 Å². The Kier molecular flexibility index (Phi) is 3.33. The second-order valence-corrected chi connectivity index (χ2v) is 6.30. The van der Waals surface area contributed by atoms with Gasteiger partial charge in [-0.15, -0.1) is 11.3 Å². The molecule has 0 saturated carbocycles. The van der Waals surface area contributed by atoms with Crippen molar-refractivity contribution in [2.45, 2.75) is 45.6 Å². The van der Waals surface area contributed by atoms with Gasteiger partial charge in [-0.05, 0) is 45.1 Å². The number of aryl methyl sites for hydroxylation is 3. The zero-order chi connectivity index (χ0) is 14.3. The van der Waals surface area contributed by atoms with Crippen LogP contribution >= 0.6 is 11.3 Å². The molecule has 6 heteroatoms. The van der Waals surface area contributed by atoms with Gasteiger partial charge in [-0.1, -0.05) is 0 Å². The van der Waals surface area contributed by atoms with Gasteiger partial charge in [-0.25, -0.2) is 9.97 Å². The van der Waals surface area contributed by atoms with Crippen LogP contribution in [0.25, 0.3) is 10.2 Å². The summed E-state index contributed by atoms with van der Waals surface area (Å²) < 4.78 is 0. The molecule has 0 aliphatic heterocycles. The van der Waals surface area contributed by atoms with Crippen molar-refractivity contribution in [2.75, 3.05) is 5.32 Å². The molecule has 0 aromatic carbocycles. The third-order valence-corrected chi connectivity index (χ3v) is 4.84. The molecule has 106 valence electrons. The molecule has 2 aromatic heterocycles. The average Bonchev–Trinajstić information content (AvgIpc) is 2.76. The Morgan fingerprint density at radius 2 is 2.10 bits per heavy atom. The number of thiophene rings is 1. The average molecular weight is 291 g/mol. The Morgan fingerprint density at radius 1 is 1.35 bits per heavy atom. The summed E-state index contributed by atoms with van der Waals surface area (Å²) in [5, 5.41) is 13.1. The highest BCUT2D eigenvalue weighted by atomic mass is 32.1. The van der Waals surface area contributed by atoms with E-state index in [0.717, 1.165) is 23.1 Å². The smallest absolute Gasteiger partial charge is 0.325 e. The third-order valence-electron chi connectivity index (χ3n) is 3.65. The van der Waals surface area contributed by atoms with E-state index in [1.54, 1.807) is 18.3 Å². The number of carboxylic acid groups (broad SMARTS) is 1. The first kappa shape index (κ1) is 13.3. The highest BCUT2D eigenvalue weighted by molar-refractivity contribution is 7.19. The summed E-state index contributed by atoms with van der Waals surface area (Å²) in [4.78, 5) is 22.3. The van der Waals surface area contributed by atoms with E-state index in [1.807, 2.05) is 6.92 Å². The van der Waals surface area contributed by atoms with Gasteiger partial charge in [-0.3, -0.25) is 4.79 Å². The van der Waals surface area contributed by atoms with Crippen LogP contribution in [0.15, 0.2) is 0 Å². The highest BCUT2D eigenvalue weighted by Crippen LogP contribution is 2.38. The standard InChI is InChI=1S/C14H17N3O2S/c1-7(14(18)19)15-12-11-9-5-3-4-6-10(9)20-13(11)17-8(2)16-12/h7H,3-6H2,1-2H3,(H,18,19)(H,15,16,17)/t7-/m1/s1. The second-order valence-electron chi connectivity index (χ2n) is 5.21. The zero-order valence-corrected chi connectivity index (χ0v) is 12.4. The van der Waals surface area contributed by atoms with Crippen LogP contribution in [0, 0.1) is 6.92 Å². The lowest BCUT2D eigenvalue weighted by molar-refractivity contribution is -0.137. The minimum Gasteiger partial charge on any atom is -0.480 e. The Bertz CT molecular complexity index is 681. The fraction of sp³-hybridized carbons (Fsp3) is 0.500. The number of aliphatic carboxylic acids is 1. The molecule has 1 atom stereocenters. The molecule has 0 spiro atoms. The first-order valence-corrected chi connectivity index (χ1v) is 7.66. The minimum atomic E-state index is -0.876. The monoisotopic (exact) mass is 291 g/mol. The van der Waals surface area contributed by atoms with Crippen molar-refractivity contribution >= 4 is 33.3 Å². The number of hydrogen-bond donors (Lipinski definition) is 2. The summed E-state index contributed by atoms with van der Waals surface area (Å²) in [6.45, 7) is 3.47. The van der Waals surface area contributed by atoms with Crippen LogP contribution in [0.1, 0.15) is 36.0 Å². The molecule has 0 fully saturated rings. The van der Waals surface area contributed by atoms with Gasteiger partial charge >= 0.3 is 5.97 Å². The number of anilines is 1. The molecule has 0 radical (unpaired) electrons. The van der Waals surface area contributed by atoms with Crippen LogP contribution < -0.4 is 5.32 Å². The van der Waals surface area contributed by atoms with Crippen molar-refractivity contribution in [1.82, 2.24) is 9.97 Å². The van der Waals surface area contributed by atoms with E-state index in [0.29, 0.717) is 11.6 Å². The summed E-state index contributed by atoms with van der Waals surface area (Å²) in [6.07, 6.45) is 4.54. The van der Waals surface area contributed by atoms with Gasteiger partial charge in [0.1, 0.15) is 22.5 Å². The molecule has 0 unspecified atom stereocenters. The molecule has 2 aromatic rings. The highest BCUT2D eigenvalue weighted by Gasteiger charge is 2.22. The fourth-order valence-corrected chi connectivity index (χ4v) is 3.94. The summed E-state index contributed by atoms with van der Waals surface area (Å²) in [5.41, 5.74) is 1.32. The molecule has 5 nitrogen and oxygen atoms in total. The lowest BCUT2D eigenvalue weighted by Crippen LogP contribution is -2.26. The van der Waals surface area contributed by atoms with E-state index < -0.39 is 12.0 Å². The maximum absolute atomic E-state index is 11.0. The molecule has 3 rings (SSSR count). The van der Waals surface area contributed by atoms with Crippen LogP contribution in [0.4, 0.5) is 5.82 Å². The van der Waals surface area contributed by atoms with Crippen molar-refractivity contribution in [3.05, 3.63) is 16.3 Å². The van der Waals surface area contributed by atoms with Crippen LogP contribution in [0.2, 0.25) is 0 Å². The summed E-state index contributed by atoms with van der Waals surface area (Å²) >= 11 is 1.72. The molecule has 0 bridgehead atoms. The van der Waals surface area contributed by atoms with Gasteiger partial charge in [0.05, 0.1) is 5.39 Å². The van der Waals surface area contributed by atoms with E-state index in [2.05, 4.69) is 15.3 Å². The third kappa shape index (κ3) is 2.24. The summed E-state index contributed by atoms with van der Waals surface area (Å²) in [6, 6.07) is -0.661. The maximum atomic E-state index is 11.0. The van der Waals surface area contributed by atoms with Crippen molar-refractivity contribution in [1.29, 1.82) is 0 Å². The topological polar surface area (TPSA) is 75.1 Å². The largest absolute Gasteiger partial charge is 0.480 e. The van der Waals surface area contributed by atoms with Crippen molar-refractivity contribution in [3.8, 4) is 0 Å². The van der Waals surface area contributed by atoms with E-state index in [9.17, 15) is 4.79 Å². The normalized spacial score (nSPS) is 15.9. The van der Waals surface area contributed by atoms with Gasteiger partial charge in [0.15, 0.2) is 0 Å². The summed E-state index contributed by atoms with van der Waals surface area (Å²) in [5.74, 6) is 0.469. The number of carbonyl (C=O) groups is 1. The first-order chi connectivity index (χ1) is 9.56. The Hall–Kier alpha value is -1.69. The number of nitrogens with one attached hydrogen (secondary N) is 1. The number of fused-ring (bicyclic) bond motifs is 3. The predicted octanol–water partition coefficient (Wildman–Crippen LogP) is 2.76. The van der Waals surface area contributed by atoms with Crippen molar-refractivity contribution < 1.29 is 9.90 Å². The number of rotatable bonds is 3. The Labute approximate surface area is 121 Å². The van der Waals surface area contributed by atoms with Crippen molar-refractivity contribution in [2.24, 2.45) is 0 Å². The van der Waals surface area contributed by atoms with Crippen molar-refractivity contribution in [3.63, 3.8) is 0 Å². The van der Waals surface area contributed by atoms with Gasteiger partial charge < -0.3 is 10.4 Å². The predicted molar refractivity (Wildman–Crippen MR) is 79.5 cm³/mol. The maximum Gasteiger partial charge on any atom is 0.325 e. The molecule has 1 aliphatic rings. The van der Waals surface area contributed by atoms with Crippen LogP contribution in [0.3, 0.4) is 0 Å². The Morgan fingerprint density at radius 3 is 2.85 bits per heavy atom. The molecule has 0 amide bonds. The lowest BCUT2D eigenvalue weighted by Gasteiger charge is -2.14. The van der Waals surface area contributed by atoms with Gasteiger partial charge in [0, 0.05) is 4.88 Å². The fourth-order valence-electron chi connectivity index (χ4n) is 2.64. The number of carboxylic acids is 1. The van der Waals surface area contributed by atoms with Gasteiger partial charge in [0.25, 0.3) is 0 Å². The van der Waals surface area contributed by atoms with Crippen LogP contribution in [-0.2, 0) is 17.6 Å². The lowest BCUT2D eigenvalue weighted by atomic mass is 9.97. The van der Waals surface area contributed by atoms with E-state index >= 15 is 0 Å². The van der Waals surface area contributed by atoms with E-state index in [-0.39, 0.29) is 0 Å². The SMILES string of the molecule is Cc1nc(N[C@H](C)C(=O)O)c2c3c(sc2n1)CCCC3. The number of hydrogen-bond acceptors (Lipinski definition) is 5. The molecule has 0 saturated heterocycles. The van der Waals surface area contributed by atoms with Crippen LogP contribution in [-0.4, -0.2) is 27.1 Å². The molecule has 2 N–H and O–H groups in total. The van der Waals surface area contributed by atoms with Gasteiger partial charge in [-0.2, -0.15) is 0 Å². The van der Waals surface area contributed by atoms with E-state index in [1.165, 1.54) is 23.3 Å². The molecule has 1 aliphatic carbocycles. The zero-order valence-electron chi connectivity index (χ0n) is 11.6. The summed E-state index contributed by atoms with van der Waals surface area (Å²) in [7, 11) is 0. The quantitative estimate of drug-likeness (QED) is 0.909. The number of aromatic nitrogens is 2. The number of nitrogens with zero attached hydrogens (tertiary/aromatic N) is 2. The molecular formula is C14H17N3O2S. The van der Waals surface area contributed by atoms with Crippen LogP contribution in [0.5, 0.6) is 0 Å². The second kappa shape index (κ2) is 5.01. The first-order valence-electron chi connectivity index (χ1n) is 6.84. The molecule has 20 heavy (non-hydrogen) atoms. The minimum absolute atomic E-state index is 0.661.